The molecule has 2 aliphatic heterocycles. The number of rotatable bonds is 3. The quantitative estimate of drug-likeness (QED) is 0.785. The molecule has 23 heavy (non-hydrogen) atoms. The van der Waals surface area contributed by atoms with Gasteiger partial charge in [0.05, 0.1) is 36.6 Å². The summed E-state index contributed by atoms with van der Waals surface area (Å²) < 4.78 is 6.57. The predicted octanol–water partition coefficient (Wildman–Crippen LogP) is 4.69. The van der Waals surface area contributed by atoms with Crippen LogP contribution in [0.1, 0.15) is 6.92 Å². The molecule has 0 spiro atoms. The zero-order valence-corrected chi connectivity index (χ0v) is 14.3. The maximum Gasteiger partial charge on any atom is 0.119 e. The minimum Gasteiger partial charge on any atom is -0.494 e. The van der Waals surface area contributed by atoms with E-state index in [4.69, 9.17) is 4.74 Å². The number of hydrogen-bond donors (Lipinski definition) is 0. The van der Waals surface area contributed by atoms with E-state index >= 15 is 0 Å². The Morgan fingerprint density at radius 3 is 2.78 bits per heavy atom. The van der Waals surface area contributed by atoms with Gasteiger partial charge in [-0.25, -0.2) is 0 Å². The van der Waals surface area contributed by atoms with E-state index in [2.05, 4.69) is 55.1 Å². The highest BCUT2D eigenvalue weighted by Crippen LogP contribution is 2.39. The van der Waals surface area contributed by atoms with E-state index in [9.17, 15) is 0 Å². The molecule has 0 aromatic heterocycles. The molecule has 0 saturated heterocycles. The number of aliphatic imine (C=N–C) groups is 1. The molecule has 0 unspecified atom stereocenters. The van der Waals surface area contributed by atoms with Gasteiger partial charge in [-0.05, 0) is 49.4 Å². The Bertz CT molecular complexity index is 798. The summed E-state index contributed by atoms with van der Waals surface area (Å²) in [5.41, 5.74) is 4.37. The first-order valence-electron chi connectivity index (χ1n) is 7.57. The third kappa shape index (κ3) is 2.61. The minimum absolute atomic E-state index is 0.684. The lowest BCUT2D eigenvalue weighted by molar-refractivity contribution is 0.340. The van der Waals surface area contributed by atoms with Crippen molar-refractivity contribution in [1.29, 1.82) is 0 Å². The van der Waals surface area contributed by atoms with Crippen molar-refractivity contribution in [2.45, 2.75) is 6.92 Å². The average molecular weight is 370 g/mol. The van der Waals surface area contributed by atoms with Gasteiger partial charge in [0.15, 0.2) is 0 Å². The third-order valence-electron chi connectivity index (χ3n) is 3.94. The topological polar surface area (TPSA) is 28.1 Å². The van der Waals surface area contributed by atoms with Crippen LogP contribution in [0.25, 0.3) is 0 Å². The zero-order valence-electron chi connectivity index (χ0n) is 12.7. The number of halogens is 1. The van der Waals surface area contributed by atoms with Crippen LogP contribution in [0.4, 0.5) is 17.1 Å². The summed E-state index contributed by atoms with van der Waals surface area (Å²) >= 11 is 3.54. The summed E-state index contributed by atoms with van der Waals surface area (Å²) in [6, 6.07) is 14.3. The molecule has 0 fully saturated rings. The molecule has 2 heterocycles. The Balaban J connectivity index is 1.62. The second-order valence-electron chi connectivity index (χ2n) is 5.41. The molecule has 0 amide bonds. The first kappa shape index (κ1) is 14.3. The smallest absolute Gasteiger partial charge is 0.119 e. The van der Waals surface area contributed by atoms with Gasteiger partial charge in [0.2, 0.25) is 0 Å². The molecule has 2 aliphatic rings. The van der Waals surface area contributed by atoms with Crippen molar-refractivity contribution in [3.63, 3.8) is 0 Å². The molecule has 0 bridgehead atoms. The lowest BCUT2D eigenvalue weighted by Crippen LogP contribution is -2.28. The standard InChI is InChI=1S/C18H16BrN3O/c1-2-23-16-6-4-14(5-7-16)21-11-15-10-20-17-8-3-13(19)9-18(17)22(15)12-21/h3-11H,2,12H2,1H3. The highest BCUT2D eigenvalue weighted by atomic mass is 79.9. The Hall–Kier alpha value is -2.27. The van der Waals surface area contributed by atoms with Gasteiger partial charge < -0.3 is 14.5 Å². The van der Waals surface area contributed by atoms with Gasteiger partial charge in [0, 0.05) is 16.4 Å². The molecule has 0 atom stereocenters. The van der Waals surface area contributed by atoms with Crippen molar-refractivity contribution >= 4 is 39.2 Å². The van der Waals surface area contributed by atoms with Gasteiger partial charge in [0.1, 0.15) is 5.75 Å². The largest absolute Gasteiger partial charge is 0.494 e. The zero-order chi connectivity index (χ0) is 15.8. The Morgan fingerprint density at radius 1 is 1.17 bits per heavy atom. The molecule has 0 aliphatic carbocycles. The van der Waals surface area contributed by atoms with Gasteiger partial charge in [-0.15, -0.1) is 0 Å². The second kappa shape index (κ2) is 5.74. The van der Waals surface area contributed by atoms with Gasteiger partial charge in [-0.3, -0.25) is 4.99 Å². The number of fused-ring (bicyclic) bond motifs is 3. The van der Waals surface area contributed by atoms with E-state index < -0.39 is 0 Å². The molecular weight excluding hydrogens is 354 g/mol. The van der Waals surface area contributed by atoms with E-state index in [1.807, 2.05) is 37.4 Å². The Kier molecular flexibility index (Phi) is 3.58. The van der Waals surface area contributed by atoms with Crippen molar-refractivity contribution < 1.29 is 4.74 Å². The molecule has 5 heteroatoms. The Morgan fingerprint density at radius 2 is 2.00 bits per heavy atom. The van der Waals surface area contributed by atoms with Crippen LogP contribution in [0, 0.1) is 0 Å². The van der Waals surface area contributed by atoms with Gasteiger partial charge in [-0.1, -0.05) is 15.9 Å². The summed E-state index contributed by atoms with van der Waals surface area (Å²) in [6.45, 7) is 3.45. The van der Waals surface area contributed by atoms with Crippen molar-refractivity contribution in [2.24, 2.45) is 4.99 Å². The predicted molar refractivity (Wildman–Crippen MR) is 97.8 cm³/mol. The number of nitrogens with zero attached hydrogens (tertiary/aromatic N) is 3. The molecule has 2 aromatic rings. The van der Waals surface area contributed by atoms with Crippen LogP contribution in [-0.4, -0.2) is 19.5 Å². The van der Waals surface area contributed by atoms with E-state index in [0.29, 0.717) is 6.61 Å². The second-order valence-corrected chi connectivity index (χ2v) is 6.33. The summed E-state index contributed by atoms with van der Waals surface area (Å²) in [4.78, 5) is 9.02. The normalized spacial score (nSPS) is 15.3. The fourth-order valence-corrected chi connectivity index (χ4v) is 3.19. The lowest BCUT2D eigenvalue weighted by atomic mass is 10.2. The van der Waals surface area contributed by atoms with Crippen LogP contribution in [0.3, 0.4) is 0 Å². The van der Waals surface area contributed by atoms with Crippen molar-refractivity contribution in [3.8, 4) is 5.75 Å². The number of hydrogen-bond acceptors (Lipinski definition) is 4. The van der Waals surface area contributed by atoms with Crippen LogP contribution in [0.15, 0.2) is 63.8 Å². The maximum absolute atomic E-state index is 5.51. The fraction of sp³-hybridized carbons (Fsp3) is 0.167. The molecule has 0 radical (unpaired) electrons. The first-order valence-corrected chi connectivity index (χ1v) is 8.36. The van der Waals surface area contributed by atoms with Gasteiger partial charge >= 0.3 is 0 Å². The molecular formula is C18H16BrN3O. The fourth-order valence-electron chi connectivity index (χ4n) is 2.84. The SMILES string of the molecule is CCOc1ccc(N2C=C3C=Nc4ccc(Br)cc4N3C2)cc1. The first-order chi connectivity index (χ1) is 11.2. The average Bonchev–Trinajstić information content (AvgIpc) is 3.00. The monoisotopic (exact) mass is 369 g/mol. The van der Waals surface area contributed by atoms with Crippen molar-refractivity contribution in [2.75, 3.05) is 23.1 Å². The van der Waals surface area contributed by atoms with Crippen molar-refractivity contribution in [1.82, 2.24) is 0 Å². The number of benzene rings is 2. The molecule has 4 nitrogen and oxygen atoms in total. The van der Waals surface area contributed by atoms with Crippen LogP contribution in [0.5, 0.6) is 5.75 Å². The highest BCUT2D eigenvalue weighted by Gasteiger charge is 2.26. The van der Waals surface area contributed by atoms with Crippen LogP contribution in [-0.2, 0) is 0 Å². The van der Waals surface area contributed by atoms with Crippen LogP contribution in [0.2, 0.25) is 0 Å². The van der Waals surface area contributed by atoms with Crippen molar-refractivity contribution in [3.05, 3.63) is 58.8 Å². The molecule has 116 valence electrons. The minimum atomic E-state index is 0.684. The highest BCUT2D eigenvalue weighted by molar-refractivity contribution is 9.10. The summed E-state index contributed by atoms with van der Waals surface area (Å²) in [5, 5.41) is 0. The summed E-state index contributed by atoms with van der Waals surface area (Å²) in [6.07, 6.45) is 4.05. The molecule has 0 saturated carbocycles. The summed E-state index contributed by atoms with van der Waals surface area (Å²) in [7, 11) is 0. The number of ether oxygens (including phenoxy) is 1. The van der Waals surface area contributed by atoms with Gasteiger partial charge in [-0.2, -0.15) is 0 Å². The maximum atomic E-state index is 5.51. The molecule has 2 aromatic carbocycles. The van der Waals surface area contributed by atoms with Crippen LogP contribution < -0.4 is 14.5 Å². The molecule has 4 rings (SSSR count). The van der Waals surface area contributed by atoms with E-state index in [1.54, 1.807) is 0 Å². The van der Waals surface area contributed by atoms with Crippen LogP contribution >= 0.6 is 15.9 Å². The summed E-state index contributed by atoms with van der Waals surface area (Å²) in [5.74, 6) is 0.900. The number of anilines is 2. The van der Waals surface area contributed by atoms with Gasteiger partial charge in [0.25, 0.3) is 0 Å². The lowest BCUT2D eigenvalue weighted by Gasteiger charge is -2.26. The molecule has 0 N–H and O–H groups in total. The number of allylic oxidation sites excluding steroid dienone is 1. The van der Waals surface area contributed by atoms with E-state index in [-0.39, 0.29) is 0 Å². The third-order valence-corrected chi connectivity index (χ3v) is 4.43. The van der Waals surface area contributed by atoms with E-state index in [0.717, 1.165) is 39.7 Å². The van der Waals surface area contributed by atoms with E-state index in [1.165, 1.54) is 0 Å². The Labute approximate surface area is 143 Å².